The smallest absolute Gasteiger partial charge is 0.306 e. The summed E-state index contributed by atoms with van der Waals surface area (Å²) in [7, 11) is 0. The third kappa shape index (κ3) is 69.3. The van der Waals surface area contributed by atoms with Crippen LogP contribution in [0.4, 0.5) is 0 Å². The van der Waals surface area contributed by atoms with Gasteiger partial charge in [0.1, 0.15) is 13.2 Å². The van der Waals surface area contributed by atoms with E-state index >= 15 is 0 Å². The molecule has 6 nitrogen and oxygen atoms in total. The molecule has 6 heteroatoms. The average molecular weight is 1160 g/mol. The quantitative estimate of drug-likeness (QED) is 0.0261. The fourth-order valence-electron chi connectivity index (χ4n) is 10.5. The lowest BCUT2D eigenvalue weighted by Gasteiger charge is -2.18. The maximum Gasteiger partial charge on any atom is 0.306 e. The van der Waals surface area contributed by atoms with Gasteiger partial charge >= 0.3 is 17.9 Å². The van der Waals surface area contributed by atoms with Crippen LogP contribution in [0.2, 0.25) is 0 Å². The van der Waals surface area contributed by atoms with Gasteiger partial charge in [-0.1, -0.05) is 337 Å². The van der Waals surface area contributed by atoms with E-state index in [0.29, 0.717) is 19.3 Å². The molecule has 0 N–H and O–H groups in total. The van der Waals surface area contributed by atoms with Gasteiger partial charge < -0.3 is 14.2 Å². The summed E-state index contributed by atoms with van der Waals surface area (Å²) in [5.74, 6) is -0.863. The second-order valence-electron chi connectivity index (χ2n) is 24.1. The van der Waals surface area contributed by atoms with E-state index in [4.69, 9.17) is 14.2 Å². The summed E-state index contributed by atoms with van der Waals surface area (Å²) in [5, 5.41) is 0. The highest BCUT2D eigenvalue weighted by molar-refractivity contribution is 5.71. The van der Waals surface area contributed by atoms with Crippen molar-refractivity contribution >= 4 is 17.9 Å². The molecule has 0 aromatic rings. The third-order valence-electron chi connectivity index (χ3n) is 15.9. The molecule has 0 fully saturated rings. The predicted octanol–water partition coefficient (Wildman–Crippen LogP) is 25.0. The Balaban J connectivity index is 4.05. The van der Waals surface area contributed by atoms with Crippen LogP contribution in [0.5, 0.6) is 0 Å². The Morgan fingerprint density at radius 2 is 0.470 bits per heavy atom. The SMILES string of the molecule is CC/C=C\C/C=C\C/C=C\C/C=C\C/C=C\C/C=C\CCCCCCCCCCCCCCC(=O)OCC(COC(=O)CCCCCCCCC)OC(=O)CCCCCCCCCCCCCCCCC/C=C\CCCCCCCCCC. The van der Waals surface area contributed by atoms with E-state index in [0.717, 1.165) is 96.3 Å². The molecule has 1 atom stereocenters. The van der Waals surface area contributed by atoms with Crippen LogP contribution in [0, 0.1) is 0 Å². The molecule has 0 aliphatic rings. The second-order valence-corrected chi connectivity index (χ2v) is 24.1. The molecule has 83 heavy (non-hydrogen) atoms. The van der Waals surface area contributed by atoms with Crippen LogP contribution < -0.4 is 0 Å². The molecule has 0 amide bonds. The summed E-state index contributed by atoms with van der Waals surface area (Å²) < 4.78 is 16.9. The number of hydrogen-bond acceptors (Lipinski definition) is 6. The van der Waals surface area contributed by atoms with Crippen molar-refractivity contribution < 1.29 is 28.6 Å². The molecule has 0 radical (unpaired) electrons. The molecule has 480 valence electrons. The highest BCUT2D eigenvalue weighted by Gasteiger charge is 2.19. The van der Waals surface area contributed by atoms with E-state index in [2.05, 4.69) is 106 Å². The largest absolute Gasteiger partial charge is 0.462 e. The molecule has 0 saturated carbocycles. The first-order valence-corrected chi connectivity index (χ1v) is 36.1. The summed E-state index contributed by atoms with van der Waals surface area (Å²) >= 11 is 0. The zero-order valence-electron chi connectivity index (χ0n) is 55.2. The number of unbranched alkanes of at least 4 members (excludes halogenated alkanes) is 41. The number of allylic oxidation sites excluding steroid dienone is 14. The lowest BCUT2D eigenvalue weighted by atomic mass is 10.0. The first-order valence-electron chi connectivity index (χ1n) is 36.1. The van der Waals surface area contributed by atoms with Crippen LogP contribution >= 0.6 is 0 Å². The lowest BCUT2D eigenvalue weighted by molar-refractivity contribution is -0.167. The van der Waals surface area contributed by atoms with Gasteiger partial charge in [0.05, 0.1) is 0 Å². The van der Waals surface area contributed by atoms with Gasteiger partial charge in [0.2, 0.25) is 0 Å². The molecule has 0 aliphatic carbocycles. The van der Waals surface area contributed by atoms with E-state index in [1.165, 1.54) is 231 Å². The Hall–Kier alpha value is -3.41. The Morgan fingerprint density at radius 3 is 0.747 bits per heavy atom. The molecule has 0 heterocycles. The fourth-order valence-corrected chi connectivity index (χ4v) is 10.5. The van der Waals surface area contributed by atoms with Crippen molar-refractivity contribution in [1.82, 2.24) is 0 Å². The number of esters is 3. The molecule has 0 aromatic heterocycles. The van der Waals surface area contributed by atoms with Gasteiger partial charge in [-0.3, -0.25) is 14.4 Å². The van der Waals surface area contributed by atoms with Gasteiger partial charge in [-0.2, -0.15) is 0 Å². The number of ether oxygens (including phenoxy) is 3. The minimum Gasteiger partial charge on any atom is -0.462 e. The van der Waals surface area contributed by atoms with Crippen molar-refractivity contribution in [2.75, 3.05) is 13.2 Å². The van der Waals surface area contributed by atoms with Gasteiger partial charge in [-0.05, 0) is 96.3 Å². The zero-order chi connectivity index (χ0) is 59.9. The van der Waals surface area contributed by atoms with Crippen molar-refractivity contribution in [3.63, 3.8) is 0 Å². The molecular formula is C77H136O6. The number of rotatable bonds is 66. The minimum absolute atomic E-state index is 0.0725. The van der Waals surface area contributed by atoms with E-state index in [-0.39, 0.29) is 31.1 Å². The monoisotopic (exact) mass is 1160 g/mol. The second kappa shape index (κ2) is 71.1. The van der Waals surface area contributed by atoms with Gasteiger partial charge in [0.25, 0.3) is 0 Å². The number of hydrogen-bond donors (Lipinski definition) is 0. The van der Waals surface area contributed by atoms with Crippen LogP contribution in [0.3, 0.4) is 0 Å². The zero-order valence-corrected chi connectivity index (χ0v) is 55.2. The maximum absolute atomic E-state index is 12.9. The van der Waals surface area contributed by atoms with E-state index in [9.17, 15) is 14.4 Å². The topological polar surface area (TPSA) is 78.9 Å². The molecule has 0 aromatic carbocycles. The van der Waals surface area contributed by atoms with Crippen LogP contribution in [0.1, 0.15) is 367 Å². The van der Waals surface area contributed by atoms with Crippen molar-refractivity contribution in [2.24, 2.45) is 0 Å². The van der Waals surface area contributed by atoms with Crippen LogP contribution in [0.25, 0.3) is 0 Å². The molecule has 0 aliphatic heterocycles. The first kappa shape index (κ1) is 79.6. The Labute approximate surface area is 515 Å². The number of carbonyl (C=O) groups excluding carboxylic acids is 3. The van der Waals surface area contributed by atoms with Crippen LogP contribution in [-0.4, -0.2) is 37.2 Å². The predicted molar refractivity (Wildman–Crippen MR) is 362 cm³/mol. The van der Waals surface area contributed by atoms with Crippen molar-refractivity contribution in [2.45, 2.75) is 374 Å². The van der Waals surface area contributed by atoms with Gasteiger partial charge in [-0.25, -0.2) is 0 Å². The van der Waals surface area contributed by atoms with Crippen LogP contribution in [0.15, 0.2) is 85.1 Å². The first-order chi connectivity index (χ1) is 41.0. The van der Waals surface area contributed by atoms with Crippen molar-refractivity contribution in [1.29, 1.82) is 0 Å². The van der Waals surface area contributed by atoms with Crippen molar-refractivity contribution in [3.8, 4) is 0 Å². The molecule has 0 saturated heterocycles. The van der Waals surface area contributed by atoms with E-state index in [1.807, 2.05) is 0 Å². The highest BCUT2D eigenvalue weighted by Crippen LogP contribution is 2.18. The van der Waals surface area contributed by atoms with Gasteiger partial charge in [0, 0.05) is 19.3 Å². The normalized spacial score (nSPS) is 12.6. The molecule has 1 unspecified atom stereocenters. The van der Waals surface area contributed by atoms with Gasteiger partial charge in [0.15, 0.2) is 6.10 Å². The molecular weight excluding hydrogens is 1020 g/mol. The van der Waals surface area contributed by atoms with Gasteiger partial charge in [-0.15, -0.1) is 0 Å². The summed E-state index contributed by atoms with van der Waals surface area (Å²) in [6.07, 6.45) is 95.1. The van der Waals surface area contributed by atoms with Crippen molar-refractivity contribution in [3.05, 3.63) is 85.1 Å². The highest BCUT2D eigenvalue weighted by atomic mass is 16.6. The number of carbonyl (C=O) groups is 3. The average Bonchev–Trinajstić information content (AvgIpc) is 3.50. The Bertz CT molecular complexity index is 1570. The third-order valence-corrected chi connectivity index (χ3v) is 15.9. The van der Waals surface area contributed by atoms with Crippen LogP contribution in [-0.2, 0) is 28.6 Å². The fraction of sp³-hybridized carbons (Fsp3) is 0.779. The molecule has 0 rings (SSSR count). The Morgan fingerprint density at radius 1 is 0.253 bits per heavy atom. The maximum atomic E-state index is 12.9. The van der Waals surface area contributed by atoms with E-state index in [1.54, 1.807) is 0 Å². The summed E-state index contributed by atoms with van der Waals surface area (Å²) in [5.41, 5.74) is 0. The molecule has 0 spiro atoms. The summed E-state index contributed by atoms with van der Waals surface area (Å²) in [6.45, 7) is 6.53. The van der Waals surface area contributed by atoms with E-state index < -0.39 is 6.10 Å². The Kier molecular flexibility index (Phi) is 68.2. The minimum atomic E-state index is -0.774. The standard InChI is InChI=1S/C77H136O6/c1-4-7-10-13-16-18-20-22-24-26-28-30-32-34-36-37-38-39-41-42-44-46-48-50-52-54-56-58-61-64-67-70-76(79)82-73-74(72-81-75(78)69-66-63-60-15-12-9-6-3)83-77(80)71-68-65-62-59-57-55-53-51-49-47-45-43-40-35-33-31-29-27-25-23-21-19-17-14-11-8-5-2/h7,10,16,18,22,24,27-30,34,36,38-39,74H,4-6,8-9,11-15,17,19-21,23,25-26,31-33,35,37,40-73H2,1-3H3/b10-7-,18-16-,24-22-,29-27-,30-28-,36-34-,39-38-. The molecule has 0 bridgehead atoms. The summed E-state index contributed by atoms with van der Waals surface area (Å²) in [4.78, 5) is 38.2. The summed E-state index contributed by atoms with van der Waals surface area (Å²) in [6, 6.07) is 0. The lowest BCUT2D eigenvalue weighted by Crippen LogP contribution is -2.30.